The fourth-order valence-corrected chi connectivity index (χ4v) is 6.39. The zero-order valence-electron chi connectivity index (χ0n) is 19.5. The van der Waals surface area contributed by atoms with Gasteiger partial charge in [0.2, 0.25) is 0 Å². The number of anilines is 1. The van der Waals surface area contributed by atoms with E-state index in [0.29, 0.717) is 12.1 Å². The third kappa shape index (κ3) is 5.64. The first-order valence-electron chi connectivity index (χ1n) is 11.8. The fraction of sp³-hybridized carbons (Fsp3) is 0.400. The number of fused-ring (bicyclic) bond motifs is 1. The second kappa shape index (κ2) is 10.5. The third-order valence-corrected chi connectivity index (χ3v) is 8.22. The molecule has 1 aliphatic heterocycles. The van der Waals surface area contributed by atoms with Crippen LogP contribution in [-0.4, -0.2) is 45.0 Å². The van der Waals surface area contributed by atoms with E-state index < -0.39 is 34.5 Å². The quantitative estimate of drug-likeness (QED) is 0.589. The van der Waals surface area contributed by atoms with Crippen LogP contribution in [0, 0.1) is 0 Å². The molecular weight excluding hydrogens is 470 g/mol. The lowest BCUT2D eigenvalue weighted by molar-refractivity contribution is -0.123. The van der Waals surface area contributed by atoms with Gasteiger partial charge in [0.25, 0.3) is 15.9 Å². The lowest BCUT2D eigenvalue weighted by Gasteiger charge is -2.24. The maximum Gasteiger partial charge on any atom is 0.338 e. The zero-order chi connectivity index (χ0) is 25.0. The minimum atomic E-state index is -3.93. The summed E-state index contributed by atoms with van der Waals surface area (Å²) in [5, 5.41) is 4.90. The van der Waals surface area contributed by atoms with Crippen LogP contribution >= 0.6 is 0 Å². The normalized spacial score (nSPS) is 18.0. The van der Waals surface area contributed by atoms with E-state index in [4.69, 9.17) is 4.74 Å². The number of imide groups is 1. The van der Waals surface area contributed by atoms with Gasteiger partial charge in [-0.15, -0.1) is 0 Å². The average molecular weight is 500 g/mol. The molecule has 0 radical (unpaired) electrons. The molecule has 9 nitrogen and oxygen atoms in total. The molecule has 0 saturated heterocycles. The number of nitrogens with one attached hydrogen (secondary N) is 2. The van der Waals surface area contributed by atoms with E-state index >= 15 is 0 Å². The van der Waals surface area contributed by atoms with Crippen molar-refractivity contribution in [2.45, 2.75) is 62.4 Å². The number of rotatable bonds is 6. The number of para-hydroxylation sites is 1. The van der Waals surface area contributed by atoms with Gasteiger partial charge in [-0.25, -0.2) is 18.0 Å². The lowest BCUT2D eigenvalue weighted by atomic mass is 9.96. The standard InChI is InChI=1S/C25H29N3O6S/c1-17-14-18-8-5-6-13-22(18)28(17)35(32,33)21-12-7-9-19(15-21)24(30)34-16-23(29)27-25(31)26-20-10-3-2-4-11-20/h5-9,12-13,15,17,20H,2-4,10-11,14,16H2,1H3,(H2,26,27,29,31). The zero-order valence-corrected chi connectivity index (χ0v) is 20.3. The number of sulfonamides is 1. The van der Waals surface area contributed by atoms with E-state index in [9.17, 15) is 22.8 Å². The number of nitrogens with zero attached hydrogens (tertiary/aromatic N) is 1. The van der Waals surface area contributed by atoms with Crippen LogP contribution in [0.2, 0.25) is 0 Å². The van der Waals surface area contributed by atoms with Crippen molar-refractivity contribution in [2.75, 3.05) is 10.9 Å². The number of benzene rings is 2. The first kappa shape index (κ1) is 24.7. The van der Waals surface area contributed by atoms with E-state index in [0.717, 1.165) is 37.7 Å². The molecule has 1 saturated carbocycles. The van der Waals surface area contributed by atoms with Gasteiger partial charge in [0.15, 0.2) is 6.61 Å². The summed E-state index contributed by atoms with van der Waals surface area (Å²) in [4.78, 5) is 36.5. The maximum absolute atomic E-state index is 13.4. The molecule has 10 heteroatoms. The SMILES string of the molecule is CC1Cc2ccccc2N1S(=O)(=O)c1cccc(C(=O)OCC(=O)NC(=O)NC2CCCCC2)c1. The number of urea groups is 1. The van der Waals surface area contributed by atoms with Gasteiger partial charge < -0.3 is 10.1 Å². The molecule has 3 amide bonds. The minimum Gasteiger partial charge on any atom is -0.452 e. The molecule has 2 aromatic carbocycles. The summed E-state index contributed by atoms with van der Waals surface area (Å²) in [5.74, 6) is -1.63. The number of hydrogen-bond acceptors (Lipinski definition) is 6. The Morgan fingerprint density at radius 3 is 2.54 bits per heavy atom. The topological polar surface area (TPSA) is 122 Å². The van der Waals surface area contributed by atoms with Crippen LogP contribution < -0.4 is 14.9 Å². The summed E-state index contributed by atoms with van der Waals surface area (Å²) in [6.07, 6.45) is 5.56. The number of carbonyl (C=O) groups excluding carboxylic acids is 3. The number of ether oxygens (including phenoxy) is 1. The van der Waals surface area contributed by atoms with E-state index in [-0.39, 0.29) is 22.5 Å². The Labute approximate surface area is 204 Å². The van der Waals surface area contributed by atoms with Crippen LogP contribution in [0.25, 0.3) is 0 Å². The Balaban J connectivity index is 1.37. The Morgan fingerprint density at radius 2 is 1.77 bits per heavy atom. The first-order valence-corrected chi connectivity index (χ1v) is 13.2. The van der Waals surface area contributed by atoms with Gasteiger partial charge in [-0.1, -0.05) is 43.5 Å². The molecule has 1 aliphatic carbocycles. The van der Waals surface area contributed by atoms with Crippen LogP contribution in [0.3, 0.4) is 0 Å². The van der Waals surface area contributed by atoms with Gasteiger partial charge in [0, 0.05) is 12.1 Å². The number of carbonyl (C=O) groups is 3. The molecule has 1 unspecified atom stereocenters. The summed E-state index contributed by atoms with van der Waals surface area (Å²) in [6, 6.07) is 12.0. The molecule has 2 aliphatic rings. The first-order chi connectivity index (χ1) is 16.8. The Morgan fingerprint density at radius 1 is 1.03 bits per heavy atom. The van der Waals surface area contributed by atoms with E-state index in [2.05, 4.69) is 10.6 Å². The molecule has 2 aromatic rings. The van der Waals surface area contributed by atoms with Crippen molar-refractivity contribution in [3.8, 4) is 0 Å². The van der Waals surface area contributed by atoms with Crippen molar-refractivity contribution in [3.63, 3.8) is 0 Å². The second-order valence-electron chi connectivity index (χ2n) is 8.94. The Kier molecular flexibility index (Phi) is 7.39. The highest BCUT2D eigenvalue weighted by molar-refractivity contribution is 7.92. The number of esters is 1. The maximum atomic E-state index is 13.4. The molecule has 2 N–H and O–H groups in total. The van der Waals surface area contributed by atoms with Gasteiger partial charge in [-0.05, 0) is 56.0 Å². The molecule has 1 heterocycles. The summed E-state index contributed by atoms with van der Waals surface area (Å²) >= 11 is 0. The van der Waals surface area contributed by atoms with Crippen LogP contribution in [0.4, 0.5) is 10.5 Å². The molecule has 1 atom stereocenters. The number of hydrogen-bond donors (Lipinski definition) is 2. The summed E-state index contributed by atoms with van der Waals surface area (Å²) in [7, 11) is -3.93. The number of amides is 3. The average Bonchev–Trinajstić information content (AvgIpc) is 3.19. The van der Waals surface area contributed by atoms with Gasteiger partial charge in [-0.2, -0.15) is 0 Å². The highest BCUT2D eigenvalue weighted by Gasteiger charge is 2.36. The predicted octanol–water partition coefficient (Wildman–Crippen LogP) is 3.14. The third-order valence-electron chi connectivity index (χ3n) is 6.30. The molecular formula is C25H29N3O6S. The molecule has 4 rings (SSSR count). The molecule has 186 valence electrons. The van der Waals surface area contributed by atoms with Gasteiger partial charge in [-0.3, -0.25) is 14.4 Å². The van der Waals surface area contributed by atoms with Crippen LogP contribution in [0.15, 0.2) is 53.4 Å². The van der Waals surface area contributed by atoms with E-state index in [1.165, 1.54) is 28.6 Å². The summed E-state index contributed by atoms with van der Waals surface area (Å²) in [6.45, 7) is 1.17. The Bertz CT molecular complexity index is 1220. The largest absolute Gasteiger partial charge is 0.452 e. The van der Waals surface area contributed by atoms with Crippen molar-refractivity contribution in [1.29, 1.82) is 0 Å². The van der Waals surface area contributed by atoms with Crippen molar-refractivity contribution >= 4 is 33.6 Å². The molecule has 0 spiro atoms. The lowest BCUT2D eigenvalue weighted by Crippen LogP contribution is -2.46. The van der Waals surface area contributed by atoms with E-state index in [1.54, 1.807) is 12.1 Å². The van der Waals surface area contributed by atoms with Crippen molar-refractivity contribution in [3.05, 3.63) is 59.7 Å². The molecule has 0 aromatic heterocycles. The van der Waals surface area contributed by atoms with Crippen molar-refractivity contribution in [1.82, 2.24) is 10.6 Å². The Hall–Kier alpha value is -3.40. The molecule has 1 fully saturated rings. The smallest absolute Gasteiger partial charge is 0.338 e. The summed E-state index contributed by atoms with van der Waals surface area (Å²) < 4.78 is 33.2. The molecule has 35 heavy (non-hydrogen) atoms. The highest BCUT2D eigenvalue weighted by Crippen LogP contribution is 2.36. The van der Waals surface area contributed by atoms with Gasteiger partial charge >= 0.3 is 12.0 Å². The second-order valence-corrected chi connectivity index (χ2v) is 10.8. The monoisotopic (exact) mass is 499 g/mol. The van der Waals surface area contributed by atoms with Gasteiger partial charge in [0.1, 0.15) is 0 Å². The van der Waals surface area contributed by atoms with Crippen LogP contribution in [-0.2, 0) is 26.0 Å². The summed E-state index contributed by atoms with van der Waals surface area (Å²) in [5.41, 5.74) is 1.56. The minimum absolute atomic E-state index is 0.00864. The van der Waals surface area contributed by atoms with Crippen molar-refractivity contribution in [2.24, 2.45) is 0 Å². The van der Waals surface area contributed by atoms with Crippen LogP contribution in [0.5, 0.6) is 0 Å². The predicted molar refractivity (Wildman–Crippen MR) is 130 cm³/mol. The van der Waals surface area contributed by atoms with Crippen LogP contribution in [0.1, 0.15) is 54.9 Å². The highest BCUT2D eigenvalue weighted by atomic mass is 32.2. The van der Waals surface area contributed by atoms with Gasteiger partial charge in [0.05, 0.1) is 16.1 Å². The van der Waals surface area contributed by atoms with E-state index in [1.807, 2.05) is 19.1 Å². The molecule has 0 bridgehead atoms. The fourth-order valence-electron chi connectivity index (χ4n) is 4.65. The van der Waals surface area contributed by atoms with Crippen molar-refractivity contribution < 1.29 is 27.5 Å².